The SMILES string of the molecule is CCCCC(C)=Nn1c(C)csc1=Nc1c(C)n(C)n(-c2ccccc2)c1=O. The molecule has 0 atom stereocenters. The Morgan fingerprint density at radius 1 is 1.18 bits per heavy atom. The average molecular weight is 398 g/mol. The van der Waals surface area contributed by atoms with Crippen LogP contribution in [0, 0.1) is 13.8 Å². The first kappa shape index (κ1) is 20.1. The predicted molar refractivity (Wildman–Crippen MR) is 116 cm³/mol. The number of hydrogen-bond acceptors (Lipinski definition) is 4. The first-order valence-corrected chi connectivity index (χ1v) is 10.4. The van der Waals surface area contributed by atoms with Crippen molar-refractivity contribution < 1.29 is 0 Å². The van der Waals surface area contributed by atoms with Crippen molar-refractivity contribution >= 4 is 22.7 Å². The molecule has 3 rings (SSSR count). The molecule has 2 heterocycles. The number of benzene rings is 1. The van der Waals surface area contributed by atoms with Crippen LogP contribution in [0.25, 0.3) is 5.69 Å². The van der Waals surface area contributed by atoms with Crippen molar-refractivity contribution in [3.63, 3.8) is 0 Å². The third-order valence-corrected chi connectivity index (χ3v) is 5.68. The second-order valence-corrected chi connectivity index (χ2v) is 7.77. The summed E-state index contributed by atoms with van der Waals surface area (Å²) in [6, 6.07) is 9.62. The lowest BCUT2D eigenvalue weighted by Crippen LogP contribution is -2.20. The molecule has 0 aliphatic heterocycles. The first-order valence-electron chi connectivity index (χ1n) is 9.54. The highest BCUT2D eigenvalue weighted by molar-refractivity contribution is 7.07. The van der Waals surface area contributed by atoms with E-state index in [4.69, 9.17) is 10.1 Å². The maximum Gasteiger partial charge on any atom is 0.297 e. The van der Waals surface area contributed by atoms with Crippen LogP contribution in [0.4, 0.5) is 5.69 Å². The molecule has 148 valence electrons. The number of unbranched alkanes of at least 4 members (excludes halogenated alkanes) is 1. The van der Waals surface area contributed by atoms with Crippen molar-refractivity contribution in [3.8, 4) is 5.69 Å². The van der Waals surface area contributed by atoms with Crippen LogP contribution in [0.5, 0.6) is 0 Å². The molecule has 7 heteroatoms. The number of thiazole rings is 1. The lowest BCUT2D eigenvalue weighted by atomic mass is 10.2. The van der Waals surface area contributed by atoms with Gasteiger partial charge in [-0.05, 0) is 45.7 Å². The highest BCUT2D eigenvalue weighted by atomic mass is 32.1. The Bertz CT molecular complexity index is 1110. The standard InChI is InChI=1S/C21H27N5OS/c1-6-7-11-15(2)23-25-16(3)14-28-21(25)22-19-17(4)24(5)26(20(19)27)18-12-9-8-10-13-18/h8-10,12-14H,6-7,11H2,1-5H3. The number of aromatic nitrogens is 3. The number of para-hydroxylation sites is 1. The molecule has 0 radical (unpaired) electrons. The quantitative estimate of drug-likeness (QED) is 0.572. The van der Waals surface area contributed by atoms with E-state index in [9.17, 15) is 4.79 Å². The molecule has 28 heavy (non-hydrogen) atoms. The zero-order valence-electron chi connectivity index (χ0n) is 17.1. The van der Waals surface area contributed by atoms with Crippen LogP contribution in [-0.2, 0) is 7.05 Å². The Balaban J connectivity index is 2.13. The molecule has 1 aromatic carbocycles. The van der Waals surface area contributed by atoms with E-state index in [1.165, 1.54) is 11.3 Å². The summed E-state index contributed by atoms with van der Waals surface area (Å²) in [4.78, 5) is 18.5. The van der Waals surface area contributed by atoms with Gasteiger partial charge in [-0.3, -0.25) is 9.48 Å². The maximum absolute atomic E-state index is 13.1. The summed E-state index contributed by atoms with van der Waals surface area (Å²) in [6.07, 6.45) is 3.22. The normalized spacial score (nSPS) is 12.8. The van der Waals surface area contributed by atoms with Gasteiger partial charge >= 0.3 is 0 Å². The van der Waals surface area contributed by atoms with Gasteiger partial charge in [0.25, 0.3) is 5.56 Å². The van der Waals surface area contributed by atoms with Crippen LogP contribution in [0.3, 0.4) is 0 Å². The lowest BCUT2D eigenvalue weighted by Gasteiger charge is -2.07. The van der Waals surface area contributed by atoms with Gasteiger partial charge in [-0.2, -0.15) is 5.10 Å². The van der Waals surface area contributed by atoms with Crippen molar-refractivity contribution in [2.45, 2.75) is 47.0 Å². The van der Waals surface area contributed by atoms with E-state index in [1.807, 2.05) is 72.9 Å². The fraction of sp³-hybridized carbons (Fsp3) is 0.381. The van der Waals surface area contributed by atoms with E-state index in [-0.39, 0.29) is 5.56 Å². The number of rotatable bonds is 6. The highest BCUT2D eigenvalue weighted by Crippen LogP contribution is 2.16. The van der Waals surface area contributed by atoms with Crippen LogP contribution in [0.1, 0.15) is 44.5 Å². The molecule has 0 amide bonds. The minimum absolute atomic E-state index is 0.129. The fourth-order valence-electron chi connectivity index (χ4n) is 3.02. The first-order chi connectivity index (χ1) is 13.4. The van der Waals surface area contributed by atoms with Crippen molar-refractivity contribution in [2.24, 2.45) is 17.1 Å². The molecule has 3 aromatic rings. The molecule has 0 fully saturated rings. The van der Waals surface area contributed by atoms with Gasteiger partial charge in [-0.25, -0.2) is 14.4 Å². The third-order valence-electron chi connectivity index (χ3n) is 4.74. The molecule has 0 saturated heterocycles. The molecular formula is C21H27N5OS. The van der Waals surface area contributed by atoms with E-state index in [0.29, 0.717) is 10.5 Å². The Kier molecular flexibility index (Phi) is 6.14. The van der Waals surface area contributed by atoms with Gasteiger partial charge in [-0.1, -0.05) is 31.5 Å². The van der Waals surface area contributed by atoms with Gasteiger partial charge < -0.3 is 0 Å². The van der Waals surface area contributed by atoms with Gasteiger partial charge in [0.2, 0.25) is 4.80 Å². The zero-order chi connectivity index (χ0) is 20.3. The van der Waals surface area contributed by atoms with Crippen LogP contribution in [0.2, 0.25) is 0 Å². The molecule has 0 unspecified atom stereocenters. The van der Waals surface area contributed by atoms with E-state index < -0.39 is 0 Å². The van der Waals surface area contributed by atoms with Crippen molar-refractivity contribution in [1.82, 2.24) is 14.0 Å². The summed E-state index contributed by atoms with van der Waals surface area (Å²) < 4.78 is 5.33. The lowest BCUT2D eigenvalue weighted by molar-refractivity contribution is 0.630. The van der Waals surface area contributed by atoms with E-state index in [0.717, 1.165) is 42.0 Å². The Labute approximate surface area is 169 Å². The minimum atomic E-state index is -0.129. The minimum Gasteiger partial charge on any atom is -0.283 e. The number of aryl methyl sites for hydroxylation is 1. The van der Waals surface area contributed by atoms with E-state index in [1.54, 1.807) is 4.68 Å². The molecule has 0 bridgehead atoms. The molecule has 0 spiro atoms. The molecule has 0 aliphatic rings. The Hall–Kier alpha value is -2.67. The molecular weight excluding hydrogens is 370 g/mol. The summed E-state index contributed by atoms with van der Waals surface area (Å²) in [5, 5.41) is 6.75. The van der Waals surface area contributed by atoms with Gasteiger partial charge in [0.15, 0.2) is 5.69 Å². The average Bonchev–Trinajstić information content (AvgIpc) is 3.13. The van der Waals surface area contributed by atoms with Gasteiger partial charge in [0, 0.05) is 18.1 Å². The second kappa shape index (κ2) is 8.56. The monoisotopic (exact) mass is 397 g/mol. The fourth-order valence-corrected chi connectivity index (χ4v) is 3.82. The van der Waals surface area contributed by atoms with Crippen molar-refractivity contribution in [1.29, 1.82) is 0 Å². The molecule has 2 aromatic heterocycles. The molecule has 0 N–H and O–H groups in total. The smallest absolute Gasteiger partial charge is 0.283 e. The predicted octanol–water partition coefficient (Wildman–Crippen LogP) is 4.30. The van der Waals surface area contributed by atoms with E-state index >= 15 is 0 Å². The second-order valence-electron chi connectivity index (χ2n) is 6.93. The summed E-state index contributed by atoms with van der Waals surface area (Å²) >= 11 is 1.50. The highest BCUT2D eigenvalue weighted by Gasteiger charge is 2.16. The summed E-state index contributed by atoms with van der Waals surface area (Å²) in [6.45, 7) is 8.14. The largest absolute Gasteiger partial charge is 0.297 e. The van der Waals surface area contributed by atoms with Gasteiger partial charge in [-0.15, -0.1) is 11.3 Å². The van der Waals surface area contributed by atoms with Crippen molar-refractivity contribution in [2.75, 3.05) is 0 Å². The van der Waals surface area contributed by atoms with Crippen molar-refractivity contribution in [3.05, 3.63) is 62.3 Å². The molecule has 6 nitrogen and oxygen atoms in total. The Morgan fingerprint density at radius 3 is 2.57 bits per heavy atom. The van der Waals surface area contributed by atoms with E-state index in [2.05, 4.69) is 6.92 Å². The third kappa shape index (κ3) is 3.94. The topological polar surface area (TPSA) is 56.6 Å². The van der Waals surface area contributed by atoms with Gasteiger partial charge in [0.1, 0.15) is 0 Å². The maximum atomic E-state index is 13.1. The van der Waals surface area contributed by atoms with Crippen LogP contribution in [-0.4, -0.2) is 19.8 Å². The molecule has 0 aliphatic carbocycles. The molecule has 0 saturated carbocycles. The Morgan fingerprint density at radius 2 is 1.89 bits per heavy atom. The van der Waals surface area contributed by atoms with Crippen LogP contribution in [0.15, 0.2) is 50.6 Å². The number of nitrogens with zero attached hydrogens (tertiary/aromatic N) is 5. The van der Waals surface area contributed by atoms with Gasteiger partial charge in [0.05, 0.1) is 17.1 Å². The summed E-state index contributed by atoms with van der Waals surface area (Å²) in [5.41, 5.74) is 4.04. The zero-order valence-corrected chi connectivity index (χ0v) is 18.0. The van der Waals surface area contributed by atoms with Crippen LogP contribution < -0.4 is 10.4 Å². The summed E-state index contributed by atoms with van der Waals surface area (Å²) in [7, 11) is 1.88. The summed E-state index contributed by atoms with van der Waals surface area (Å²) in [5.74, 6) is 0. The number of hydrogen-bond donors (Lipinski definition) is 0. The van der Waals surface area contributed by atoms with Crippen LogP contribution >= 0.6 is 11.3 Å².